The molecule has 1 N–H and O–H groups in total. The molecule has 116 valence electrons. The fourth-order valence-corrected chi connectivity index (χ4v) is 3.53. The molecule has 2 aromatic rings. The minimum Gasteiger partial charge on any atom is -0.355 e. The molecule has 0 unspecified atom stereocenters. The van der Waals surface area contributed by atoms with Gasteiger partial charge in [-0.3, -0.25) is 4.79 Å². The molecule has 0 saturated carbocycles. The van der Waals surface area contributed by atoms with Gasteiger partial charge in [-0.15, -0.1) is 5.10 Å². The maximum Gasteiger partial charge on any atom is 0.220 e. The van der Waals surface area contributed by atoms with E-state index >= 15 is 0 Å². The molecule has 1 atom stereocenters. The smallest absolute Gasteiger partial charge is 0.220 e. The van der Waals surface area contributed by atoms with Gasteiger partial charge < -0.3 is 5.32 Å². The molecule has 1 heterocycles. The first-order chi connectivity index (χ1) is 10.7. The molecular weight excluding hydrogens is 298 g/mol. The Balaban J connectivity index is 1.41. The fraction of sp³-hybridized carbons (Fsp3) is 0.467. The number of amides is 1. The molecule has 0 bridgehead atoms. The third kappa shape index (κ3) is 3.47. The molecule has 6 nitrogen and oxygen atoms in total. The standard InChI is InChI=1S/C15H19N5OS/c1-20-15(17-18-19-20)22-9-8-16-14(21)10-12-7-6-11-4-2-3-5-13(11)12/h2-5,12H,6-10H2,1H3,(H,16,21)/t12-/m0/s1. The number of thioether (sulfide) groups is 1. The van der Waals surface area contributed by atoms with E-state index in [9.17, 15) is 4.79 Å². The van der Waals surface area contributed by atoms with Gasteiger partial charge in [0.1, 0.15) is 0 Å². The Labute approximate surface area is 133 Å². The maximum atomic E-state index is 12.1. The van der Waals surface area contributed by atoms with Crippen molar-refractivity contribution >= 4 is 17.7 Å². The van der Waals surface area contributed by atoms with Crippen LogP contribution >= 0.6 is 11.8 Å². The fourth-order valence-electron chi connectivity index (χ4n) is 2.83. The minimum absolute atomic E-state index is 0.124. The molecule has 22 heavy (non-hydrogen) atoms. The molecule has 1 aliphatic rings. The van der Waals surface area contributed by atoms with Crippen LogP contribution in [-0.2, 0) is 18.3 Å². The van der Waals surface area contributed by atoms with Gasteiger partial charge in [0.25, 0.3) is 0 Å². The van der Waals surface area contributed by atoms with Gasteiger partial charge in [0.15, 0.2) is 0 Å². The van der Waals surface area contributed by atoms with Gasteiger partial charge in [-0.25, -0.2) is 4.68 Å². The van der Waals surface area contributed by atoms with Crippen LogP contribution in [0.5, 0.6) is 0 Å². The van der Waals surface area contributed by atoms with Crippen LogP contribution in [0.4, 0.5) is 0 Å². The molecule has 0 radical (unpaired) electrons. The third-order valence-electron chi connectivity index (χ3n) is 3.93. The van der Waals surface area contributed by atoms with Gasteiger partial charge in [-0.1, -0.05) is 36.0 Å². The van der Waals surface area contributed by atoms with Crippen LogP contribution in [0, 0.1) is 0 Å². The van der Waals surface area contributed by atoms with Gasteiger partial charge in [-0.05, 0) is 40.3 Å². The SMILES string of the molecule is Cn1nnnc1SCCNC(=O)C[C@@H]1CCc2ccccc21. The summed E-state index contributed by atoms with van der Waals surface area (Å²) in [6.07, 6.45) is 2.74. The Morgan fingerprint density at radius 3 is 3.14 bits per heavy atom. The van der Waals surface area contributed by atoms with Crippen LogP contribution in [0.3, 0.4) is 0 Å². The summed E-state index contributed by atoms with van der Waals surface area (Å²) in [5.74, 6) is 1.26. The van der Waals surface area contributed by atoms with Crippen molar-refractivity contribution in [3.63, 3.8) is 0 Å². The van der Waals surface area contributed by atoms with E-state index < -0.39 is 0 Å². The number of nitrogens with one attached hydrogen (secondary N) is 1. The molecule has 1 aliphatic carbocycles. The number of hydrogen-bond donors (Lipinski definition) is 1. The predicted molar refractivity (Wildman–Crippen MR) is 84.7 cm³/mol. The molecule has 1 aromatic carbocycles. The summed E-state index contributed by atoms with van der Waals surface area (Å²) >= 11 is 1.54. The van der Waals surface area contributed by atoms with Crippen molar-refractivity contribution in [2.24, 2.45) is 7.05 Å². The summed E-state index contributed by atoms with van der Waals surface area (Å²) in [6, 6.07) is 8.44. The average molecular weight is 317 g/mol. The zero-order chi connectivity index (χ0) is 15.4. The number of tetrazole rings is 1. The lowest BCUT2D eigenvalue weighted by molar-refractivity contribution is -0.121. The highest BCUT2D eigenvalue weighted by atomic mass is 32.2. The Kier molecular flexibility index (Phi) is 4.72. The molecule has 0 fully saturated rings. The highest BCUT2D eigenvalue weighted by Gasteiger charge is 2.23. The molecule has 0 aliphatic heterocycles. The lowest BCUT2D eigenvalue weighted by Crippen LogP contribution is -2.27. The monoisotopic (exact) mass is 317 g/mol. The van der Waals surface area contributed by atoms with E-state index in [2.05, 4.69) is 45.1 Å². The van der Waals surface area contributed by atoms with Crippen LogP contribution in [-0.4, -0.2) is 38.4 Å². The quantitative estimate of drug-likeness (QED) is 0.646. The average Bonchev–Trinajstić information content (AvgIpc) is 3.11. The predicted octanol–water partition coefficient (Wildman–Crippen LogP) is 1.54. The van der Waals surface area contributed by atoms with Crippen molar-refractivity contribution in [1.29, 1.82) is 0 Å². The number of aryl methyl sites for hydroxylation is 2. The van der Waals surface area contributed by atoms with Gasteiger partial charge in [0.05, 0.1) is 0 Å². The van der Waals surface area contributed by atoms with E-state index in [1.54, 1.807) is 11.7 Å². The first kappa shape index (κ1) is 15.0. The van der Waals surface area contributed by atoms with Crippen molar-refractivity contribution in [3.8, 4) is 0 Å². The number of aromatic nitrogens is 4. The summed E-state index contributed by atoms with van der Waals surface area (Å²) in [4.78, 5) is 12.1. The summed E-state index contributed by atoms with van der Waals surface area (Å²) < 4.78 is 1.63. The zero-order valence-corrected chi connectivity index (χ0v) is 13.3. The highest BCUT2D eigenvalue weighted by molar-refractivity contribution is 7.99. The Bertz CT molecular complexity index is 657. The van der Waals surface area contributed by atoms with Crippen molar-refractivity contribution < 1.29 is 4.79 Å². The van der Waals surface area contributed by atoms with Crippen molar-refractivity contribution in [1.82, 2.24) is 25.5 Å². The molecular formula is C15H19N5OS. The topological polar surface area (TPSA) is 72.7 Å². The second-order valence-corrected chi connectivity index (χ2v) is 6.48. The molecule has 7 heteroatoms. The van der Waals surface area contributed by atoms with E-state index in [1.165, 1.54) is 22.9 Å². The Hall–Kier alpha value is -1.89. The zero-order valence-electron chi connectivity index (χ0n) is 12.5. The van der Waals surface area contributed by atoms with Crippen LogP contribution in [0.25, 0.3) is 0 Å². The number of rotatable bonds is 6. The van der Waals surface area contributed by atoms with Crippen molar-refractivity contribution in [2.45, 2.75) is 30.3 Å². The van der Waals surface area contributed by atoms with Crippen molar-refractivity contribution in [2.75, 3.05) is 12.3 Å². The Morgan fingerprint density at radius 2 is 2.32 bits per heavy atom. The van der Waals surface area contributed by atoms with E-state index in [0.717, 1.165) is 23.8 Å². The number of hydrogen-bond acceptors (Lipinski definition) is 5. The van der Waals surface area contributed by atoms with Crippen LogP contribution in [0.2, 0.25) is 0 Å². The largest absolute Gasteiger partial charge is 0.355 e. The maximum absolute atomic E-state index is 12.1. The third-order valence-corrected chi connectivity index (χ3v) is 4.94. The summed E-state index contributed by atoms with van der Waals surface area (Å²) in [6.45, 7) is 0.630. The first-order valence-electron chi connectivity index (χ1n) is 7.43. The van der Waals surface area contributed by atoms with E-state index in [0.29, 0.717) is 18.9 Å². The summed E-state index contributed by atoms with van der Waals surface area (Å²) in [7, 11) is 1.80. The summed E-state index contributed by atoms with van der Waals surface area (Å²) in [5.41, 5.74) is 2.74. The molecule has 3 rings (SSSR count). The van der Waals surface area contributed by atoms with Gasteiger partial charge in [-0.2, -0.15) is 0 Å². The number of carbonyl (C=O) groups is 1. The number of benzene rings is 1. The first-order valence-corrected chi connectivity index (χ1v) is 8.42. The lowest BCUT2D eigenvalue weighted by Gasteiger charge is -2.11. The second kappa shape index (κ2) is 6.91. The van der Waals surface area contributed by atoms with E-state index in [1.807, 2.05) is 0 Å². The second-order valence-electron chi connectivity index (χ2n) is 5.42. The van der Waals surface area contributed by atoms with Gasteiger partial charge >= 0.3 is 0 Å². The highest BCUT2D eigenvalue weighted by Crippen LogP contribution is 2.34. The van der Waals surface area contributed by atoms with Crippen LogP contribution < -0.4 is 5.32 Å². The number of nitrogens with zero attached hydrogens (tertiary/aromatic N) is 4. The van der Waals surface area contributed by atoms with Crippen LogP contribution in [0.15, 0.2) is 29.4 Å². The molecule has 0 saturated heterocycles. The van der Waals surface area contributed by atoms with E-state index in [-0.39, 0.29) is 5.91 Å². The molecule has 0 spiro atoms. The van der Waals surface area contributed by atoms with E-state index in [4.69, 9.17) is 0 Å². The normalized spacial score (nSPS) is 16.5. The minimum atomic E-state index is 0.124. The molecule has 1 amide bonds. The Morgan fingerprint density at radius 1 is 1.45 bits per heavy atom. The molecule has 1 aromatic heterocycles. The summed E-state index contributed by atoms with van der Waals surface area (Å²) in [5, 5.41) is 15.0. The lowest BCUT2D eigenvalue weighted by atomic mass is 9.97. The number of carbonyl (C=O) groups excluding carboxylic acids is 1. The van der Waals surface area contributed by atoms with Crippen molar-refractivity contribution in [3.05, 3.63) is 35.4 Å². The van der Waals surface area contributed by atoms with Gasteiger partial charge in [0, 0.05) is 25.8 Å². The van der Waals surface area contributed by atoms with Gasteiger partial charge in [0.2, 0.25) is 11.1 Å². The number of fused-ring (bicyclic) bond motifs is 1. The van der Waals surface area contributed by atoms with Crippen LogP contribution in [0.1, 0.15) is 29.9 Å².